The van der Waals surface area contributed by atoms with Gasteiger partial charge in [0.2, 0.25) is 5.91 Å². The number of nitrogens with one attached hydrogen (secondary N) is 1. The van der Waals surface area contributed by atoms with Gasteiger partial charge >= 0.3 is 0 Å². The molecule has 1 aromatic carbocycles. The van der Waals surface area contributed by atoms with Crippen molar-refractivity contribution in [3.8, 4) is 0 Å². The lowest BCUT2D eigenvalue weighted by Gasteiger charge is -2.23. The highest BCUT2D eigenvalue weighted by Gasteiger charge is 2.13. The lowest BCUT2D eigenvalue weighted by Crippen LogP contribution is -2.38. The fraction of sp³-hybridized carbons (Fsp3) is 0.500. The Labute approximate surface area is 114 Å². The second-order valence-corrected chi connectivity index (χ2v) is 4.63. The Morgan fingerprint density at radius 3 is 2.79 bits per heavy atom. The number of benzene rings is 1. The number of ether oxygens (including phenoxy) is 1. The molecule has 5 nitrogen and oxygen atoms in total. The summed E-state index contributed by atoms with van der Waals surface area (Å²) in [5.74, 6) is -0.0497. The number of carbonyl (C=O) groups excluding carboxylic acids is 1. The smallest absolute Gasteiger partial charge is 0.238 e. The summed E-state index contributed by atoms with van der Waals surface area (Å²) in [6.45, 7) is 3.35. The van der Waals surface area contributed by atoms with E-state index in [-0.39, 0.29) is 11.9 Å². The Morgan fingerprint density at radius 2 is 2.16 bits per heavy atom. The summed E-state index contributed by atoms with van der Waals surface area (Å²) < 4.78 is 5.07. The average Bonchev–Trinajstić information content (AvgIpc) is 2.39. The van der Waals surface area contributed by atoms with Crippen LogP contribution in [0.5, 0.6) is 0 Å². The van der Waals surface area contributed by atoms with Crippen molar-refractivity contribution in [2.24, 2.45) is 5.73 Å². The number of methoxy groups -OCH3 is 1. The quantitative estimate of drug-likeness (QED) is 0.773. The van der Waals surface area contributed by atoms with E-state index in [1.165, 1.54) is 0 Å². The molecule has 0 heterocycles. The van der Waals surface area contributed by atoms with Crippen LogP contribution < -0.4 is 11.1 Å². The molecular weight excluding hydrogens is 242 g/mol. The Morgan fingerprint density at radius 1 is 1.47 bits per heavy atom. The summed E-state index contributed by atoms with van der Waals surface area (Å²) >= 11 is 0. The van der Waals surface area contributed by atoms with Crippen molar-refractivity contribution in [1.82, 2.24) is 4.90 Å². The van der Waals surface area contributed by atoms with Crippen LogP contribution in [0.1, 0.15) is 12.5 Å². The second-order valence-electron chi connectivity index (χ2n) is 4.63. The lowest BCUT2D eigenvalue weighted by molar-refractivity contribution is -0.117. The van der Waals surface area contributed by atoms with Crippen molar-refractivity contribution in [2.45, 2.75) is 19.5 Å². The molecule has 0 aliphatic heterocycles. The first-order chi connectivity index (χ1) is 9.08. The van der Waals surface area contributed by atoms with Crippen LogP contribution >= 0.6 is 0 Å². The van der Waals surface area contributed by atoms with Crippen LogP contribution in [0.2, 0.25) is 0 Å². The number of hydrogen-bond acceptors (Lipinski definition) is 4. The molecule has 1 unspecified atom stereocenters. The van der Waals surface area contributed by atoms with E-state index in [1.807, 2.05) is 43.1 Å². The highest BCUT2D eigenvalue weighted by atomic mass is 16.5. The van der Waals surface area contributed by atoms with E-state index in [0.29, 0.717) is 19.7 Å². The highest BCUT2D eigenvalue weighted by Crippen LogP contribution is 2.14. The summed E-state index contributed by atoms with van der Waals surface area (Å²) in [6, 6.07) is 7.75. The average molecular weight is 265 g/mol. The van der Waals surface area contributed by atoms with Crippen LogP contribution in [0.3, 0.4) is 0 Å². The van der Waals surface area contributed by atoms with Crippen molar-refractivity contribution >= 4 is 11.6 Å². The molecule has 0 fully saturated rings. The molecule has 0 radical (unpaired) electrons. The molecule has 1 aromatic rings. The lowest BCUT2D eigenvalue weighted by atomic mass is 10.2. The van der Waals surface area contributed by atoms with E-state index in [9.17, 15) is 4.79 Å². The van der Waals surface area contributed by atoms with Gasteiger partial charge in [0.1, 0.15) is 0 Å². The van der Waals surface area contributed by atoms with Gasteiger partial charge in [0.05, 0.1) is 13.2 Å². The predicted octanol–water partition coefficient (Wildman–Crippen LogP) is 1.05. The van der Waals surface area contributed by atoms with Gasteiger partial charge in [-0.05, 0) is 25.6 Å². The maximum absolute atomic E-state index is 12.0. The fourth-order valence-electron chi connectivity index (χ4n) is 1.76. The Hall–Kier alpha value is -1.43. The second kappa shape index (κ2) is 7.89. The van der Waals surface area contributed by atoms with Gasteiger partial charge in [-0.1, -0.05) is 18.2 Å². The number of nitrogens with two attached hydrogens (primary N) is 1. The first-order valence-electron chi connectivity index (χ1n) is 6.35. The summed E-state index contributed by atoms with van der Waals surface area (Å²) in [7, 11) is 3.56. The largest absolute Gasteiger partial charge is 0.383 e. The molecule has 1 atom stereocenters. The summed E-state index contributed by atoms with van der Waals surface area (Å²) in [5, 5.41) is 2.89. The number of likely N-dealkylation sites (N-methyl/N-ethyl adjacent to an activating group) is 1. The summed E-state index contributed by atoms with van der Waals surface area (Å²) in [4.78, 5) is 13.9. The normalized spacial score (nSPS) is 12.5. The van der Waals surface area contributed by atoms with Gasteiger partial charge in [-0.15, -0.1) is 0 Å². The molecule has 0 aliphatic carbocycles. The topological polar surface area (TPSA) is 67.6 Å². The van der Waals surface area contributed by atoms with E-state index in [0.717, 1.165) is 11.3 Å². The molecule has 0 aliphatic rings. The minimum absolute atomic E-state index is 0.0497. The minimum Gasteiger partial charge on any atom is -0.383 e. The molecule has 0 saturated carbocycles. The molecule has 1 amide bonds. The van der Waals surface area contributed by atoms with Crippen molar-refractivity contribution in [2.75, 3.05) is 32.6 Å². The predicted molar refractivity (Wildman–Crippen MR) is 76.9 cm³/mol. The van der Waals surface area contributed by atoms with Gasteiger partial charge in [-0.3, -0.25) is 9.69 Å². The zero-order valence-corrected chi connectivity index (χ0v) is 11.8. The zero-order chi connectivity index (χ0) is 14.3. The fourth-order valence-corrected chi connectivity index (χ4v) is 1.76. The monoisotopic (exact) mass is 265 g/mol. The molecule has 19 heavy (non-hydrogen) atoms. The van der Waals surface area contributed by atoms with Gasteiger partial charge in [0.25, 0.3) is 0 Å². The first kappa shape index (κ1) is 15.6. The first-order valence-corrected chi connectivity index (χ1v) is 6.35. The van der Waals surface area contributed by atoms with E-state index in [2.05, 4.69) is 5.32 Å². The van der Waals surface area contributed by atoms with Crippen molar-refractivity contribution < 1.29 is 9.53 Å². The van der Waals surface area contributed by atoms with E-state index in [4.69, 9.17) is 10.5 Å². The van der Waals surface area contributed by atoms with Crippen LogP contribution in [-0.4, -0.2) is 44.2 Å². The number of carbonyl (C=O) groups is 1. The van der Waals surface area contributed by atoms with Crippen LogP contribution in [-0.2, 0) is 16.1 Å². The molecule has 0 spiro atoms. The van der Waals surface area contributed by atoms with Gasteiger partial charge in [0, 0.05) is 25.4 Å². The molecule has 1 rings (SSSR count). The highest BCUT2D eigenvalue weighted by molar-refractivity contribution is 5.92. The van der Waals surface area contributed by atoms with Gasteiger partial charge in [-0.2, -0.15) is 0 Å². The van der Waals surface area contributed by atoms with E-state index in [1.54, 1.807) is 7.11 Å². The molecule has 0 aromatic heterocycles. The van der Waals surface area contributed by atoms with E-state index >= 15 is 0 Å². The van der Waals surface area contributed by atoms with Gasteiger partial charge in [0.15, 0.2) is 0 Å². The summed E-state index contributed by atoms with van der Waals surface area (Å²) in [5.41, 5.74) is 7.35. The Balaban J connectivity index is 2.55. The number of amides is 1. The molecule has 106 valence electrons. The third kappa shape index (κ3) is 4.98. The number of hydrogen-bond donors (Lipinski definition) is 2. The summed E-state index contributed by atoms with van der Waals surface area (Å²) in [6.07, 6.45) is 0. The molecular formula is C14H23N3O2. The maximum Gasteiger partial charge on any atom is 0.238 e. The van der Waals surface area contributed by atoms with Gasteiger partial charge < -0.3 is 15.8 Å². The molecule has 3 N–H and O–H groups in total. The number of nitrogens with zero attached hydrogens (tertiary/aromatic N) is 1. The van der Waals surface area contributed by atoms with Crippen molar-refractivity contribution in [3.63, 3.8) is 0 Å². The molecule has 5 heteroatoms. The van der Waals surface area contributed by atoms with Crippen LogP contribution in [0.15, 0.2) is 24.3 Å². The third-order valence-electron chi connectivity index (χ3n) is 3.06. The number of rotatable bonds is 7. The Bertz CT molecular complexity index is 409. The van der Waals surface area contributed by atoms with Gasteiger partial charge in [-0.25, -0.2) is 0 Å². The standard InChI is InChI=1S/C14H23N3O2/c1-11(10-19-3)17(2)9-14(18)16-13-7-5-4-6-12(13)8-15/h4-7,11H,8-10,15H2,1-3H3,(H,16,18). The SMILES string of the molecule is COCC(C)N(C)CC(=O)Nc1ccccc1CN. The van der Waals surface area contributed by atoms with Crippen LogP contribution in [0, 0.1) is 0 Å². The zero-order valence-electron chi connectivity index (χ0n) is 11.8. The van der Waals surface area contributed by atoms with Crippen LogP contribution in [0.25, 0.3) is 0 Å². The molecule has 0 saturated heterocycles. The van der Waals surface area contributed by atoms with Crippen molar-refractivity contribution in [3.05, 3.63) is 29.8 Å². The number of para-hydroxylation sites is 1. The number of anilines is 1. The Kier molecular flexibility index (Phi) is 6.49. The van der Waals surface area contributed by atoms with Crippen LogP contribution in [0.4, 0.5) is 5.69 Å². The third-order valence-corrected chi connectivity index (χ3v) is 3.06. The van der Waals surface area contributed by atoms with Crippen molar-refractivity contribution in [1.29, 1.82) is 0 Å². The molecule has 0 bridgehead atoms. The van der Waals surface area contributed by atoms with E-state index < -0.39 is 0 Å². The maximum atomic E-state index is 12.0. The minimum atomic E-state index is -0.0497.